The van der Waals surface area contributed by atoms with Gasteiger partial charge in [-0.2, -0.15) is 0 Å². The van der Waals surface area contributed by atoms with Crippen molar-refractivity contribution in [3.8, 4) is 0 Å². The number of carbonyl (C=O) groups excluding carboxylic acids is 4. The molecule has 1 aliphatic heterocycles. The number of ether oxygens (including phenoxy) is 1. The highest BCUT2D eigenvalue weighted by Crippen LogP contribution is 2.68. The first-order chi connectivity index (χ1) is 36.2. The van der Waals surface area contributed by atoms with E-state index in [4.69, 9.17) is 9.16 Å². The lowest BCUT2D eigenvalue weighted by Gasteiger charge is -2.62. The van der Waals surface area contributed by atoms with Gasteiger partial charge in [-0.25, -0.2) is 14.8 Å². The molecular weight excluding hydrogens is 969 g/mol. The van der Waals surface area contributed by atoms with Crippen LogP contribution in [0.5, 0.6) is 0 Å². The molecule has 0 spiro atoms. The number of nitrogens with zero attached hydrogens (tertiary/aromatic N) is 3. The van der Waals surface area contributed by atoms with Crippen LogP contribution in [0.2, 0.25) is 5.04 Å². The third kappa shape index (κ3) is 11.6. The van der Waals surface area contributed by atoms with Crippen LogP contribution in [-0.4, -0.2) is 99.9 Å². The molecule has 412 valence electrons. The van der Waals surface area contributed by atoms with Gasteiger partial charge in [-0.3, -0.25) is 14.4 Å². The van der Waals surface area contributed by atoms with Crippen molar-refractivity contribution >= 4 is 42.5 Å². The minimum absolute atomic E-state index is 0.0387. The van der Waals surface area contributed by atoms with Gasteiger partial charge in [0.05, 0.1) is 18.3 Å². The largest absolute Gasteiger partial charge is 0.444 e. The van der Waals surface area contributed by atoms with Crippen LogP contribution in [0.3, 0.4) is 0 Å². The molecule has 4 aromatic rings. The summed E-state index contributed by atoms with van der Waals surface area (Å²) in [5.74, 6) is 3.00. The zero-order valence-corrected chi connectivity index (χ0v) is 48.0. The number of fused-ring (bicyclic) bond motifs is 5. The number of hydrogen-bond acceptors (Lipinski definition) is 8. The summed E-state index contributed by atoms with van der Waals surface area (Å²) in [6.45, 7) is 20.6. The highest BCUT2D eigenvalue weighted by Gasteiger charge is 2.61. The summed E-state index contributed by atoms with van der Waals surface area (Å²) in [6.07, 6.45) is 19.2. The van der Waals surface area contributed by atoms with Crippen LogP contribution in [-0.2, 0) is 36.4 Å². The molecule has 1 saturated heterocycles. The molecular formula is C61H88N8O6Si. The van der Waals surface area contributed by atoms with Gasteiger partial charge in [0.15, 0.2) is 0 Å². The second-order valence-corrected chi connectivity index (χ2v) is 30.4. The second-order valence-electron chi connectivity index (χ2n) is 26.2. The molecule has 5 N–H and O–H groups in total. The number of benzene rings is 2. The number of imidazole rings is 2. The van der Waals surface area contributed by atoms with Crippen molar-refractivity contribution in [3.05, 3.63) is 97.1 Å². The van der Waals surface area contributed by atoms with Crippen LogP contribution in [0.1, 0.15) is 151 Å². The Kier molecular flexibility index (Phi) is 16.5. The molecule has 0 bridgehead atoms. The highest BCUT2D eigenvalue weighted by atomic mass is 28.4. The van der Waals surface area contributed by atoms with Crippen LogP contribution in [0.15, 0.2) is 85.7 Å². The van der Waals surface area contributed by atoms with E-state index in [1.807, 2.05) is 0 Å². The summed E-state index contributed by atoms with van der Waals surface area (Å²) >= 11 is 0. The first kappa shape index (κ1) is 55.5. The van der Waals surface area contributed by atoms with Crippen LogP contribution >= 0.6 is 0 Å². The van der Waals surface area contributed by atoms with Crippen molar-refractivity contribution in [2.45, 2.75) is 187 Å². The Labute approximate surface area is 453 Å². The molecule has 3 heterocycles. The first-order valence-electron chi connectivity index (χ1n) is 28.8. The van der Waals surface area contributed by atoms with E-state index in [1.165, 1.54) is 66.5 Å². The van der Waals surface area contributed by atoms with Crippen molar-refractivity contribution in [1.29, 1.82) is 0 Å². The Morgan fingerprint density at radius 2 is 1.55 bits per heavy atom. The van der Waals surface area contributed by atoms with Crippen molar-refractivity contribution < 1.29 is 28.3 Å². The fourth-order valence-corrected chi connectivity index (χ4v) is 20.6. The van der Waals surface area contributed by atoms with E-state index in [0.29, 0.717) is 54.2 Å². The number of carbonyl (C=O) groups is 4. The monoisotopic (exact) mass is 1060 g/mol. The van der Waals surface area contributed by atoms with Gasteiger partial charge in [0.25, 0.3) is 8.32 Å². The summed E-state index contributed by atoms with van der Waals surface area (Å²) < 4.78 is 13.4. The van der Waals surface area contributed by atoms with E-state index in [1.54, 1.807) is 39.5 Å². The quantitative estimate of drug-likeness (QED) is 0.0649. The summed E-state index contributed by atoms with van der Waals surface area (Å²) in [5, 5.41) is 11.7. The topological polar surface area (TPSA) is 183 Å². The van der Waals surface area contributed by atoms with Crippen molar-refractivity contribution in [3.63, 3.8) is 0 Å². The number of nitrogens with one attached hydrogen (secondary N) is 5. The van der Waals surface area contributed by atoms with Crippen molar-refractivity contribution in [2.75, 3.05) is 13.1 Å². The summed E-state index contributed by atoms with van der Waals surface area (Å²) in [4.78, 5) is 71.5. The van der Waals surface area contributed by atoms with E-state index < -0.39 is 44.0 Å². The minimum Gasteiger partial charge on any atom is -0.444 e. The Morgan fingerprint density at radius 1 is 0.855 bits per heavy atom. The predicted molar refractivity (Wildman–Crippen MR) is 299 cm³/mol. The zero-order valence-electron chi connectivity index (χ0n) is 47.0. The lowest BCUT2D eigenvalue weighted by molar-refractivity contribution is -0.140. The average Bonchev–Trinajstić information content (AvgIpc) is 4.35. The highest BCUT2D eigenvalue weighted by molar-refractivity contribution is 6.99. The maximum Gasteiger partial charge on any atom is 0.408 e. The van der Waals surface area contributed by atoms with Crippen molar-refractivity contribution in [1.82, 2.24) is 40.8 Å². The number of hydrogen-bond donors (Lipinski definition) is 5. The standard InChI is InChI=1S/C61H88N8O6Si/c1-40(20-25-54(70)67-44-34-53(55(71)64-31-28-42-35-62-38-65-42)69(37-44)56(72)52(33-43-36-63-39-66-43)68-57(73)74-58(2,3)4)49-23-24-50-48-22-21-41-32-45(26-29-60(41,8)51(48)27-30-61(49,50)9)75-76(59(5,6)7,46-16-12-10-13-17-46)47-18-14-11-15-19-47/h10-19,35-36,38-41,44-45,48-53H,20-34,37H2,1-9H3,(H,62,65)(H,63,66)(H,64,71)(H,67,70)(H,68,73)/t40-,41?,44+,45-,48?,49-,50?,51?,52?,53+,60+,61-/m1/s1. The van der Waals surface area contributed by atoms with Gasteiger partial charge in [0.2, 0.25) is 17.7 Å². The zero-order chi connectivity index (χ0) is 54.0. The van der Waals surface area contributed by atoms with Crippen LogP contribution in [0.4, 0.5) is 4.79 Å². The van der Waals surface area contributed by atoms with Gasteiger partial charge in [0, 0.05) is 62.6 Å². The Bertz CT molecular complexity index is 2550. The number of aromatic nitrogens is 4. The fourth-order valence-electron chi connectivity index (χ4n) is 15.9. The Hall–Kier alpha value is -5.28. The number of aromatic amines is 2. The van der Waals surface area contributed by atoms with E-state index >= 15 is 0 Å². The molecule has 2 aromatic heterocycles. The van der Waals surface area contributed by atoms with E-state index in [2.05, 4.69) is 138 Å². The lowest BCUT2D eigenvalue weighted by Crippen LogP contribution is -2.68. The van der Waals surface area contributed by atoms with Gasteiger partial charge in [-0.05, 0) is 153 Å². The molecule has 4 aliphatic carbocycles. The average molecular weight is 1060 g/mol. The van der Waals surface area contributed by atoms with Gasteiger partial charge >= 0.3 is 6.09 Å². The smallest absolute Gasteiger partial charge is 0.408 e. The fraction of sp³-hybridized carbons (Fsp3) is 0.639. The minimum atomic E-state index is -2.64. The number of H-pyrrole nitrogens is 2. The number of alkyl carbamates (subject to hydrolysis) is 1. The number of amides is 4. The summed E-state index contributed by atoms with van der Waals surface area (Å²) in [6, 6.07) is 19.9. The third-order valence-electron chi connectivity index (χ3n) is 19.4. The molecule has 15 heteroatoms. The second kappa shape index (κ2) is 22.6. The number of likely N-dealkylation sites (tertiary alicyclic amines) is 1. The maximum absolute atomic E-state index is 14.5. The summed E-state index contributed by atoms with van der Waals surface area (Å²) in [7, 11) is -2.64. The Balaban J connectivity index is 0.821. The molecule has 5 fully saturated rings. The molecule has 9 rings (SSSR count). The molecule has 2 aromatic carbocycles. The normalized spacial score (nSPS) is 29.3. The van der Waals surface area contributed by atoms with Gasteiger partial charge < -0.3 is 40.0 Å². The molecule has 14 nitrogen and oxygen atoms in total. The Morgan fingerprint density at radius 3 is 2.20 bits per heavy atom. The van der Waals surface area contributed by atoms with E-state index in [9.17, 15) is 19.2 Å². The van der Waals surface area contributed by atoms with Crippen LogP contribution < -0.4 is 26.3 Å². The molecule has 5 unspecified atom stereocenters. The van der Waals surface area contributed by atoms with Gasteiger partial charge in [-0.1, -0.05) is 102 Å². The van der Waals surface area contributed by atoms with E-state index in [-0.39, 0.29) is 47.8 Å². The van der Waals surface area contributed by atoms with Gasteiger partial charge in [0.1, 0.15) is 17.7 Å². The molecule has 4 amide bonds. The molecule has 12 atom stereocenters. The van der Waals surface area contributed by atoms with Crippen molar-refractivity contribution in [2.24, 2.45) is 46.3 Å². The van der Waals surface area contributed by atoms with Gasteiger partial charge in [-0.15, -0.1) is 0 Å². The molecule has 76 heavy (non-hydrogen) atoms. The lowest BCUT2D eigenvalue weighted by atomic mass is 9.44. The van der Waals surface area contributed by atoms with Crippen LogP contribution in [0.25, 0.3) is 0 Å². The molecule has 0 radical (unpaired) electrons. The third-order valence-corrected chi connectivity index (χ3v) is 24.5. The summed E-state index contributed by atoms with van der Waals surface area (Å²) in [5.41, 5.74) is 1.24. The van der Waals surface area contributed by atoms with Crippen LogP contribution in [0, 0.1) is 46.3 Å². The molecule has 4 saturated carbocycles. The predicted octanol–water partition coefficient (Wildman–Crippen LogP) is 9.03. The molecule has 5 aliphatic rings. The first-order valence-corrected chi connectivity index (χ1v) is 30.7. The maximum atomic E-state index is 14.5. The number of rotatable bonds is 17. The van der Waals surface area contributed by atoms with E-state index in [0.717, 1.165) is 36.8 Å². The SMILES string of the molecule is C[C@H](CCC(=O)N[C@H]1C[C@@H](C(=O)NCCc2cnc[nH]2)N(C(=O)C(Cc2c[nH]cn2)NC(=O)OC(C)(C)C)C1)[C@H]1CCC2C3CCC4C[C@H](O[Si](c5ccccc5)(c5ccccc5)C(C)(C)C)CC[C@]4(C)C3CC[C@@]21C.